The zero-order valence-corrected chi connectivity index (χ0v) is 21.7. The molecule has 2 aromatic carbocycles. The van der Waals surface area contributed by atoms with Crippen LogP contribution >= 0.6 is 0 Å². The lowest BCUT2D eigenvalue weighted by atomic mass is 9.67. The Kier molecular flexibility index (Phi) is 9.66. The third-order valence-electron chi connectivity index (χ3n) is 6.21. The fourth-order valence-electron chi connectivity index (χ4n) is 5.11. The van der Waals surface area contributed by atoms with Crippen molar-refractivity contribution >= 4 is 5.97 Å². The molecule has 2 rings (SSSR count). The normalized spacial score (nSPS) is 13.1. The largest absolute Gasteiger partial charge is 0.497 e. The van der Waals surface area contributed by atoms with Gasteiger partial charge >= 0.3 is 5.97 Å². The molecule has 0 fully saturated rings. The molecule has 6 heteroatoms. The van der Waals surface area contributed by atoms with Gasteiger partial charge in [0, 0.05) is 18.6 Å². The molecule has 0 radical (unpaired) electrons. The molecule has 0 aromatic heterocycles. The van der Waals surface area contributed by atoms with Crippen LogP contribution in [0, 0.1) is 10.8 Å². The molecule has 0 aliphatic rings. The van der Waals surface area contributed by atoms with E-state index in [0.29, 0.717) is 6.42 Å². The first-order valence-electron chi connectivity index (χ1n) is 11.7. The first kappa shape index (κ1) is 27.4. The number of carbonyl (C=O) groups is 1. The van der Waals surface area contributed by atoms with Gasteiger partial charge in [0.15, 0.2) is 0 Å². The molecule has 1 atom stereocenters. The Labute approximate surface area is 204 Å². The van der Waals surface area contributed by atoms with Gasteiger partial charge in [0.2, 0.25) is 0 Å². The number of methoxy groups -OCH3 is 4. The molecule has 0 aliphatic carbocycles. The van der Waals surface area contributed by atoms with Crippen LogP contribution in [0.4, 0.5) is 0 Å². The predicted octanol–water partition coefficient (Wildman–Crippen LogP) is 6.18. The maximum absolute atomic E-state index is 11.2. The van der Waals surface area contributed by atoms with E-state index in [0.717, 1.165) is 59.8 Å². The molecule has 0 aliphatic heterocycles. The summed E-state index contributed by atoms with van der Waals surface area (Å²) in [6.07, 6.45) is 4.17. The second kappa shape index (κ2) is 12.0. The minimum absolute atomic E-state index is 0.0434. The summed E-state index contributed by atoms with van der Waals surface area (Å²) >= 11 is 0. The van der Waals surface area contributed by atoms with Crippen LogP contribution in [-0.2, 0) is 17.6 Å². The van der Waals surface area contributed by atoms with Gasteiger partial charge < -0.3 is 24.1 Å². The highest BCUT2D eigenvalue weighted by Gasteiger charge is 2.33. The summed E-state index contributed by atoms with van der Waals surface area (Å²) in [6, 6.07) is 11.9. The smallest absolute Gasteiger partial charge is 0.303 e. The molecule has 0 saturated carbocycles. The van der Waals surface area contributed by atoms with Crippen molar-refractivity contribution in [1.82, 2.24) is 0 Å². The van der Waals surface area contributed by atoms with Crippen molar-refractivity contribution in [2.45, 2.75) is 59.3 Å². The van der Waals surface area contributed by atoms with Gasteiger partial charge in [0.25, 0.3) is 0 Å². The van der Waals surface area contributed by atoms with Gasteiger partial charge in [-0.25, -0.2) is 0 Å². The molecule has 0 heterocycles. The highest BCUT2D eigenvalue weighted by atomic mass is 16.5. The maximum atomic E-state index is 11.2. The van der Waals surface area contributed by atoms with Crippen LogP contribution in [0.5, 0.6) is 23.0 Å². The summed E-state index contributed by atoms with van der Waals surface area (Å²) in [5.74, 6) is 2.30. The summed E-state index contributed by atoms with van der Waals surface area (Å²) < 4.78 is 21.8. The van der Waals surface area contributed by atoms with Crippen molar-refractivity contribution in [2.75, 3.05) is 28.4 Å². The van der Waals surface area contributed by atoms with Crippen LogP contribution < -0.4 is 18.9 Å². The number of aliphatic carboxylic acids is 1. The molecule has 0 saturated heterocycles. The standard InChI is InChI=1S/C28H40O6/c1-27(2,17-20-11-22(31-4)15-23(12-20)32-5)19-28(3,10-8-9-26(29)30)18-21-13-24(33-6)16-25(14-21)34-7/h11-16H,8-10,17-19H2,1-7H3,(H,29,30). The van der Waals surface area contributed by atoms with Gasteiger partial charge in [-0.3, -0.25) is 4.79 Å². The number of carboxylic acids is 1. The zero-order chi connectivity index (χ0) is 25.4. The van der Waals surface area contributed by atoms with Crippen molar-refractivity contribution < 1.29 is 28.8 Å². The lowest BCUT2D eigenvalue weighted by Gasteiger charge is -2.38. The Morgan fingerprint density at radius 3 is 1.53 bits per heavy atom. The van der Waals surface area contributed by atoms with Crippen molar-refractivity contribution in [3.63, 3.8) is 0 Å². The van der Waals surface area contributed by atoms with E-state index in [4.69, 9.17) is 18.9 Å². The Morgan fingerprint density at radius 2 is 1.15 bits per heavy atom. The van der Waals surface area contributed by atoms with E-state index in [-0.39, 0.29) is 17.3 Å². The first-order chi connectivity index (χ1) is 16.0. The highest BCUT2D eigenvalue weighted by Crippen LogP contribution is 2.43. The van der Waals surface area contributed by atoms with Crippen molar-refractivity contribution in [3.05, 3.63) is 47.5 Å². The topological polar surface area (TPSA) is 74.2 Å². The maximum Gasteiger partial charge on any atom is 0.303 e. The van der Waals surface area contributed by atoms with Crippen LogP contribution in [0.2, 0.25) is 0 Å². The number of ether oxygens (including phenoxy) is 4. The van der Waals surface area contributed by atoms with E-state index in [9.17, 15) is 9.90 Å². The molecule has 0 spiro atoms. The average molecular weight is 473 g/mol. The van der Waals surface area contributed by atoms with Gasteiger partial charge in [-0.15, -0.1) is 0 Å². The van der Waals surface area contributed by atoms with Crippen LogP contribution in [-0.4, -0.2) is 39.5 Å². The molecular weight excluding hydrogens is 432 g/mol. The monoisotopic (exact) mass is 472 g/mol. The summed E-state index contributed by atoms with van der Waals surface area (Å²) in [7, 11) is 6.61. The Hall–Kier alpha value is -2.89. The van der Waals surface area contributed by atoms with Gasteiger partial charge in [0.1, 0.15) is 23.0 Å². The third kappa shape index (κ3) is 8.47. The summed E-state index contributed by atoms with van der Waals surface area (Å²) in [4.78, 5) is 11.2. The quantitative estimate of drug-likeness (QED) is 0.354. The summed E-state index contributed by atoms with van der Waals surface area (Å²) in [6.45, 7) is 6.79. The molecule has 0 amide bonds. The number of benzene rings is 2. The second-order valence-electron chi connectivity index (χ2n) is 10.2. The fraction of sp³-hybridized carbons (Fsp3) is 0.536. The Bertz CT molecular complexity index is 907. The van der Waals surface area contributed by atoms with Gasteiger partial charge in [-0.1, -0.05) is 20.8 Å². The zero-order valence-electron chi connectivity index (χ0n) is 21.7. The van der Waals surface area contributed by atoms with Crippen molar-refractivity contribution in [3.8, 4) is 23.0 Å². The number of rotatable bonds is 14. The fourth-order valence-corrected chi connectivity index (χ4v) is 5.11. The third-order valence-corrected chi connectivity index (χ3v) is 6.21. The Balaban J connectivity index is 2.31. The SMILES string of the molecule is COc1cc(CC(C)(C)CC(C)(CCCC(=O)O)Cc2cc(OC)cc(OC)c2)cc(OC)c1. The molecule has 188 valence electrons. The molecule has 1 N–H and O–H groups in total. The minimum Gasteiger partial charge on any atom is -0.497 e. The van der Waals surface area contributed by atoms with E-state index >= 15 is 0 Å². The van der Waals surface area contributed by atoms with Crippen LogP contribution in [0.25, 0.3) is 0 Å². The van der Waals surface area contributed by atoms with Crippen LogP contribution in [0.1, 0.15) is 57.6 Å². The molecule has 0 bridgehead atoms. The van der Waals surface area contributed by atoms with E-state index < -0.39 is 5.97 Å². The van der Waals surface area contributed by atoms with E-state index in [1.165, 1.54) is 0 Å². The minimum atomic E-state index is -0.756. The molecule has 6 nitrogen and oxygen atoms in total. The highest BCUT2D eigenvalue weighted by molar-refractivity contribution is 5.66. The van der Waals surface area contributed by atoms with Crippen molar-refractivity contribution in [1.29, 1.82) is 0 Å². The predicted molar refractivity (Wildman–Crippen MR) is 134 cm³/mol. The lowest BCUT2D eigenvalue weighted by Crippen LogP contribution is -2.29. The summed E-state index contributed by atoms with van der Waals surface area (Å²) in [5.41, 5.74) is 2.11. The van der Waals surface area contributed by atoms with E-state index in [2.05, 4.69) is 32.9 Å². The number of hydrogen-bond acceptors (Lipinski definition) is 5. The molecule has 2 aromatic rings. The lowest BCUT2D eigenvalue weighted by molar-refractivity contribution is -0.137. The van der Waals surface area contributed by atoms with E-state index in [1.807, 2.05) is 24.3 Å². The van der Waals surface area contributed by atoms with Gasteiger partial charge in [-0.05, 0) is 78.3 Å². The second-order valence-corrected chi connectivity index (χ2v) is 10.2. The Morgan fingerprint density at radius 1 is 0.735 bits per heavy atom. The number of hydrogen-bond donors (Lipinski definition) is 1. The first-order valence-corrected chi connectivity index (χ1v) is 11.7. The molecule has 1 unspecified atom stereocenters. The van der Waals surface area contributed by atoms with Gasteiger partial charge in [-0.2, -0.15) is 0 Å². The summed E-state index contributed by atoms with van der Waals surface area (Å²) in [5, 5.41) is 9.21. The van der Waals surface area contributed by atoms with Crippen molar-refractivity contribution in [2.24, 2.45) is 10.8 Å². The number of carboxylic acid groups (broad SMARTS) is 1. The van der Waals surface area contributed by atoms with E-state index in [1.54, 1.807) is 28.4 Å². The van der Waals surface area contributed by atoms with Gasteiger partial charge in [0.05, 0.1) is 28.4 Å². The molecule has 34 heavy (non-hydrogen) atoms. The van der Waals surface area contributed by atoms with Crippen LogP contribution in [0.15, 0.2) is 36.4 Å². The molecular formula is C28H40O6. The van der Waals surface area contributed by atoms with Crippen LogP contribution in [0.3, 0.4) is 0 Å². The average Bonchev–Trinajstić information content (AvgIpc) is 2.76.